The van der Waals surface area contributed by atoms with Gasteiger partial charge in [-0.15, -0.1) is 0 Å². The van der Waals surface area contributed by atoms with Crippen molar-refractivity contribution in [3.05, 3.63) is 69.2 Å². The maximum absolute atomic E-state index is 13.6. The Morgan fingerprint density at radius 3 is 2.47 bits per heavy atom. The molecule has 0 bridgehead atoms. The molecule has 0 aliphatic heterocycles. The van der Waals surface area contributed by atoms with Crippen LogP contribution < -0.4 is 5.32 Å². The lowest BCUT2D eigenvalue weighted by atomic mass is 9.95. The van der Waals surface area contributed by atoms with Crippen molar-refractivity contribution in [3.63, 3.8) is 0 Å². The van der Waals surface area contributed by atoms with E-state index in [9.17, 15) is 8.78 Å². The average molecular weight is 326 g/mol. The fourth-order valence-corrected chi connectivity index (χ4v) is 2.36. The standard InChI is InChI=1S/C15H14BrF2N/c1-9-3-5-11(17)8-12(9)15(19-2)10-4-6-13(16)14(18)7-10/h3-8,15,19H,1-2H3. The summed E-state index contributed by atoms with van der Waals surface area (Å²) in [6, 6.07) is 9.32. The molecular weight excluding hydrogens is 312 g/mol. The molecule has 4 heteroatoms. The Morgan fingerprint density at radius 2 is 1.84 bits per heavy atom. The number of nitrogens with one attached hydrogen (secondary N) is 1. The normalized spacial score (nSPS) is 12.5. The molecule has 0 saturated heterocycles. The van der Waals surface area contributed by atoms with Crippen molar-refractivity contribution in [1.82, 2.24) is 5.32 Å². The summed E-state index contributed by atoms with van der Waals surface area (Å²) >= 11 is 3.13. The van der Waals surface area contributed by atoms with E-state index in [-0.39, 0.29) is 17.7 Å². The van der Waals surface area contributed by atoms with Crippen LogP contribution in [-0.2, 0) is 0 Å². The summed E-state index contributed by atoms with van der Waals surface area (Å²) in [5.74, 6) is -0.620. The van der Waals surface area contributed by atoms with E-state index in [2.05, 4.69) is 21.2 Å². The van der Waals surface area contributed by atoms with E-state index < -0.39 is 0 Å². The Kier molecular flexibility index (Phi) is 4.32. The van der Waals surface area contributed by atoms with Gasteiger partial charge in [0.05, 0.1) is 10.5 Å². The molecular formula is C15H14BrF2N. The van der Waals surface area contributed by atoms with Crippen LogP contribution in [0.3, 0.4) is 0 Å². The fraction of sp³-hybridized carbons (Fsp3) is 0.200. The van der Waals surface area contributed by atoms with E-state index in [1.807, 2.05) is 13.0 Å². The Hall–Kier alpha value is -1.26. The van der Waals surface area contributed by atoms with E-state index in [0.717, 1.165) is 16.7 Å². The maximum Gasteiger partial charge on any atom is 0.137 e. The van der Waals surface area contributed by atoms with Gasteiger partial charge in [0.2, 0.25) is 0 Å². The Morgan fingerprint density at radius 1 is 1.11 bits per heavy atom. The quantitative estimate of drug-likeness (QED) is 0.884. The molecule has 0 aliphatic carbocycles. The number of hydrogen-bond donors (Lipinski definition) is 1. The number of benzene rings is 2. The van der Waals surface area contributed by atoms with E-state index in [4.69, 9.17) is 0 Å². The number of hydrogen-bond acceptors (Lipinski definition) is 1. The van der Waals surface area contributed by atoms with Gasteiger partial charge in [0.15, 0.2) is 0 Å². The second-order valence-electron chi connectivity index (χ2n) is 4.40. The molecule has 0 fully saturated rings. The molecule has 2 aromatic rings. The summed E-state index contributed by atoms with van der Waals surface area (Å²) < 4.78 is 27.4. The second kappa shape index (κ2) is 5.80. The summed E-state index contributed by atoms with van der Waals surface area (Å²) in [4.78, 5) is 0. The van der Waals surface area contributed by atoms with Crippen molar-refractivity contribution in [2.24, 2.45) is 0 Å². The summed E-state index contributed by atoms with van der Waals surface area (Å²) in [7, 11) is 1.77. The number of aryl methyl sites for hydroxylation is 1. The monoisotopic (exact) mass is 325 g/mol. The van der Waals surface area contributed by atoms with Crippen LogP contribution in [0.5, 0.6) is 0 Å². The van der Waals surface area contributed by atoms with Crippen LogP contribution in [0.25, 0.3) is 0 Å². The summed E-state index contributed by atoms with van der Waals surface area (Å²) in [6.45, 7) is 1.91. The predicted octanol–water partition coefficient (Wildman–Crippen LogP) is 4.34. The Balaban J connectivity index is 2.49. The Labute approximate surface area is 119 Å². The molecule has 1 atom stereocenters. The molecule has 1 nitrogen and oxygen atoms in total. The molecule has 19 heavy (non-hydrogen) atoms. The number of rotatable bonds is 3. The third-order valence-corrected chi connectivity index (χ3v) is 3.76. The highest BCUT2D eigenvalue weighted by molar-refractivity contribution is 9.10. The zero-order valence-corrected chi connectivity index (χ0v) is 12.3. The largest absolute Gasteiger partial charge is 0.309 e. The SMILES string of the molecule is CNC(c1ccc(Br)c(F)c1)c1cc(F)ccc1C. The third-order valence-electron chi connectivity index (χ3n) is 3.12. The van der Waals surface area contributed by atoms with Crippen molar-refractivity contribution >= 4 is 15.9 Å². The van der Waals surface area contributed by atoms with Gasteiger partial charge >= 0.3 is 0 Å². The van der Waals surface area contributed by atoms with Gasteiger partial charge in [-0.05, 0) is 70.9 Å². The molecule has 2 aromatic carbocycles. The van der Waals surface area contributed by atoms with Crippen LogP contribution in [0.15, 0.2) is 40.9 Å². The fourth-order valence-electron chi connectivity index (χ4n) is 2.12. The molecule has 0 saturated carbocycles. The molecule has 0 amide bonds. The van der Waals surface area contributed by atoms with Crippen molar-refractivity contribution in [3.8, 4) is 0 Å². The first-order chi connectivity index (χ1) is 9.02. The zero-order valence-electron chi connectivity index (χ0n) is 10.7. The van der Waals surface area contributed by atoms with Crippen molar-refractivity contribution < 1.29 is 8.78 Å². The van der Waals surface area contributed by atoms with Gasteiger partial charge < -0.3 is 5.32 Å². The first-order valence-electron chi connectivity index (χ1n) is 5.91. The lowest BCUT2D eigenvalue weighted by molar-refractivity contribution is 0.603. The second-order valence-corrected chi connectivity index (χ2v) is 5.25. The summed E-state index contributed by atoms with van der Waals surface area (Å²) in [6.07, 6.45) is 0. The average Bonchev–Trinajstić information content (AvgIpc) is 2.38. The molecule has 100 valence electrons. The molecule has 0 heterocycles. The van der Waals surface area contributed by atoms with Crippen molar-refractivity contribution in [2.45, 2.75) is 13.0 Å². The van der Waals surface area contributed by atoms with E-state index in [1.165, 1.54) is 18.2 Å². The summed E-state index contributed by atoms with van der Waals surface area (Å²) in [5, 5.41) is 3.10. The molecule has 0 spiro atoms. The minimum atomic E-state index is -0.327. The van der Waals surface area contributed by atoms with Crippen LogP contribution in [0.2, 0.25) is 0 Å². The molecule has 1 N–H and O–H groups in total. The highest BCUT2D eigenvalue weighted by Gasteiger charge is 2.16. The van der Waals surface area contributed by atoms with Crippen molar-refractivity contribution in [2.75, 3.05) is 7.05 Å². The van der Waals surface area contributed by atoms with E-state index in [0.29, 0.717) is 4.47 Å². The van der Waals surface area contributed by atoms with Crippen LogP contribution in [0, 0.1) is 18.6 Å². The highest BCUT2D eigenvalue weighted by Crippen LogP contribution is 2.27. The first kappa shape index (κ1) is 14.2. The topological polar surface area (TPSA) is 12.0 Å². The Bertz CT molecular complexity index is 599. The van der Waals surface area contributed by atoms with Gasteiger partial charge in [-0.2, -0.15) is 0 Å². The minimum Gasteiger partial charge on any atom is -0.309 e. The molecule has 0 aromatic heterocycles. The van der Waals surface area contributed by atoms with Gasteiger partial charge in [-0.3, -0.25) is 0 Å². The lowest BCUT2D eigenvalue weighted by Gasteiger charge is -2.19. The van der Waals surface area contributed by atoms with Gasteiger partial charge in [-0.1, -0.05) is 12.1 Å². The van der Waals surface area contributed by atoms with Gasteiger partial charge in [0, 0.05) is 0 Å². The van der Waals surface area contributed by atoms with Gasteiger partial charge in [0.1, 0.15) is 11.6 Å². The smallest absolute Gasteiger partial charge is 0.137 e. The first-order valence-corrected chi connectivity index (χ1v) is 6.70. The maximum atomic E-state index is 13.6. The predicted molar refractivity (Wildman–Crippen MR) is 76.1 cm³/mol. The zero-order chi connectivity index (χ0) is 14.0. The van der Waals surface area contributed by atoms with Crippen LogP contribution in [-0.4, -0.2) is 7.05 Å². The molecule has 2 rings (SSSR count). The molecule has 1 unspecified atom stereocenters. The van der Waals surface area contributed by atoms with E-state index in [1.54, 1.807) is 19.2 Å². The third kappa shape index (κ3) is 3.01. The highest BCUT2D eigenvalue weighted by atomic mass is 79.9. The minimum absolute atomic E-state index is 0.238. The number of halogens is 3. The van der Waals surface area contributed by atoms with Crippen LogP contribution in [0.1, 0.15) is 22.7 Å². The van der Waals surface area contributed by atoms with Crippen LogP contribution in [0.4, 0.5) is 8.78 Å². The molecule has 0 radical (unpaired) electrons. The van der Waals surface area contributed by atoms with Crippen LogP contribution >= 0.6 is 15.9 Å². The van der Waals surface area contributed by atoms with Gasteiger partial charge in [-0.25, -0.2) is 8.78 Å². The summed E-state index contributed by atoms with van der Waals surface area (Å²) in [5.41, 5.74) is 2.53. The van der Waals surface area contributed by atoms with E-state index >= 15 is 0 Å². The lowest BCUT2D eigenvalue weighted by Crippen LogP contribution is -2.19. The molecule has 0 aliphatic rings. The van der Waals surface area contributed by atoms with Gasteiger partial charge in [0.25, 0.3) is 0 Å². The van der Waals surface area contributed by atoms with Crippen molar-refractivity contribution in [1.29, 1.82) is 0 Å².